The molecule has 116 valence electrons. The Bertz CT molecular complexity index is 491. The Hall–Kier alpha value is -1.95. The molecule has 0 fully saturated rings. The Balaban J connectivity index is 2.43. The molecule has 0 heterocycles. The van der Waals surface area contributed by atoms with Gasteiger partial charge in [0.2, 0.25) is 5.91 Å². The highest BCUT2D eigenvalue weighted by atomic mass is 16.6. The summed E-state index contributed by atoms with van der Waals surface area (Å²) in [6.45, 7) is 6.45. The molecule has 6 nitrogen and oxygen atoms in total. The first kappa shape index (κ1) is 17.1. The van der Waals surface area contributed by atoms with Crippen LogP contribution in [-0.4, -0.2) is 23.4 Å². The van der Waals surface area contributed by atoms with Crippen molar-refractivity contribution in [3.05, 3.63) is 39.9 Å². The molecule has 0 bridgehead atoms. The van der Waals surface area contributed by atoms with Crippen LogP contribution in [-0.2, 0) is 4.79 Å². The van der Waals surface area contributed by atoms with E-state index in [-0.39, 0.29) is 23.7 Å². The number of non-ortho nitro benzene ring substituents is 1. The van der Waals surface area contributed by atoms with Crippen molar-refractivity contribution in [2.75, 3.05) is 6.54 Å². The fourth-order valence-electron chi connectivity index (χ4n) is 1.88. The van der Waals surface area contributed by atoms with Crippen molar-refractivity contribution < 1.29 is 9.72 Å². The molecule has 0 aromatic heterocycles. The van der Waals surface area contributed by atoms with Gasteiger partial charge in [0.15, 0.2) is 0 Å². The van der Waals surface area contributed by atoms with E-state index in [1.54, 1.807) is 12.1 Å². The first-order valence-electron chi connectivity index (χ1n) is 7.21. The summed E-state index contributed by atoms with van der Waals surface area (Å²) >= 11 is 0. The van der Waals surface area contributed by atoms with Crippen molar-refractivity contribution in [3.63, 3.8) is 0 Å². The van der Waals surface area contributed by atoms with Crippen LogP contribution in [0.1, 0.15) is 45.2 Å². The third-order valence-corrected chi connectivity index (χ3v) is 3.40. The van der Waals surface area contributed by atoms with E-state index in [0.29, 0.717) is 13.0 Å². The molecule has 1 amide bonds. The van der Waals surface area contributed by atoms with Crippen molar-refractivity contribution in [1.29, 1.82) is 0 Å². The Labute approximate surface area is 125 Å². The van der Waals surface area contributed by atoms with E-state index in [4.69, 9.17) is 0 Å². The van der Waals surface area contributed by atoms with Crippen LogP contribution in [0.2, 0.25) is 0 Å². The molecular weight excluding hydrogens is 270 g/mol. The average molecular weight is 293 g/mol. The largest absolute Gasteiger partial charge is 0.354 e. The zero-order valence-corrected chi connectivity index (χ0v) is 12.8. The first-order valence-corrected chi connectivity index (χ1v) is 7.21. The van der Waals surface area contributed by atoms with Gasteiger partial charge in [-0.25, -0.2) is 0 Å². The maximum atomic E-state index is 11.6. The lowest BCUT2D eigenvalue weighted by atomic mass is 10.1. The molecule has 0 aliphatic carbocycles. The van der Waals surface area contributed by atoms with Gasteiger partial charge in [-0.3, -0.25) is 14.9 Å². The molecule has 21 heavy (non-hydrogen) atoms. The lowest BCUT2D eigenvalue weighted by Gasteiger charge is -2.15. The number of benzene rings is 1. The smallest absolute Gasteiger partial charge is 0.269 e. The van der Waals surface area contributed by atoms with Crippen LogP contribution in [0.5, 0.6) is 0 Å². The van der Waals surface area contributed by atoms with Gasteiger partial charge < -0.3 is 10.6 Å². The normalized spacial score (nSPS) is 13.5. The molecular formula is C15H23N3O3. The van der Waals surface area contributed by atoms with Crippen molar-refractivity contribution in [2.45, 2.75) is 45.7 Å². The van der Waals surface area contributed by atoms with Crippen molar-refractivity contribution >= 4 is 11.6 Å². The highest BCUT2D eigenvalue weighted by molar-refractivity contribution is 5.76. The zero-order chi connectivity index (χ0) is 15.8. The van der Waals surface area contributed by atoms with Crippen LogP contribution in [0.3, 0.4) is 0 Å². The fourth-order valence-corrected chi connectivity index (χ4v) is 1.88. The minimum absolute atomic E-state index is 0.0168. The molecule has 1 aromatic carbocycles. The summed E-state index contributed by atoms with van der Waals surface area (Å²) in [6.07, 6.45) is 1.30. The molecule has 0 radical (unpaired) electrons. The fraction of sp³-hybridized carbons (Fsp3) is 0.533. The number of hydrogen-bond acceptors (Lipinski definition) is 4. The first-order chi connectivity index (χ1) is 9.93. The number of nitrogens with one attached hydrogen (secondary N) is 2. The van der Waals surface area contributed by atoms with Crippen molar-refractivity contribution in [2.24, 2.45) is 0 Å². The predicted molar refractivity (Wildman–Crippen MR) is 82.0 cm³/mol. The van der Waals surface area contributed by atoms with E-state index in [2.05, 4.69) is 10.6 Å². The number of carbonyl (C=O) groups is 1. The molecule has 6 heteroatoms. The van der Waals surface area contributed by atoms with E-state index in [1.165, 1.54) is 6.07 Å². The van der Waals surface area contributed by atoms with E-state index >= 15 is 0 Å². The zero-order valence-electron chi connectivity index (χ0n) is 12.8. The van der Waals surface area contributed by atoms with Crippen LogP contribution >= 0.6 is 0 Å². The van der Waals surface area contributed by atoms with Gasteiger partial charge in [0, 0.05) is 37.2 Å². The van der Waals surface area contributed by atoms with Crippen LogP contribution in [0.15, 0.2) is 24.3 Å². The highest BCUT2D eigenvalue weighted by Gasteiger charge is 2.11. The van der Waals surface area contributed by atoms with Crippen molar-refractivity contribution in [1.82, 2.24) is 10.6 Å². The Morgan fingerprint density at radius 3 is 2.71 bits per heavy atom. The Morgan fingerprint density at radius 1 is 1.38 bits per heavy atom. The Kier molecular flexibility index (Phi) is 6.81. The lowest BCUT2D eigenvalue weighted by Crippen LogP contribution is -2.34. The van der Waals surface area contributed by atoms with Gasteiger partial charge in [-0.2, -0.15) is 0 Å². The topological polar surface area (TPSA) is 84.3 Å². The molecule has 1 aromatic rings. The summed E-state index contributed by atoms with van der Waals surface area (Å²) in [7, 11) is 0. The summed E-state index contributed by atoms with van der Waals surface area (Å²) in [6, 6.07) is 6.67. The quantitative estimate of drug-likeness (QED) is 0.570. The Morgan fingerprint density at radius 2 is 2.10 bits per heavy atom. The average Bonchev–Trinajstić information content (AvgIpc) is 2.46. The van der Waals surface area contributed by atoms with Gasteiger partial charge in [0.25, 0.3) is 5.69 Å². The van der Waals surface area contributed by atoms with Gasteiger partial charge in [0.05, 0.1) is 4.92 Å². The van der Waals surface area contributed by atoms with Gasteiger partial charge >= 0.3 is 0 Å². The van der Waals surface area contributed by atoms with Crippen LogP contribution in [0.4, 0.5) is 5.69 Å². The van der Waals surface area contributed by atoms with Crippen molar-refractivity contribution in [3.8, 4) is 0 Å². The van der Waals surface area contributed by atoms with Crippen LogP contribution in [0, 0.1) is 10.1 Å². The molecule has 0 aliphatic rings. The lowest BCUT2D eigenvalue weighted by molar-refractivity contribution is -0.384. The SMILES string of the molecule is CCC(C)NC(=O)CCNC(C)c1cccc([N+](=O)[O-])c1. The summed E-state index contributed by atoms with van der Waals surface area (Å²) in [4.78, 5) is 22.0. The maximum Gasteiger partial charge on any atom is 0.269 e. The number of nitro groups is 1. The third-order valence-electron chi connectivity index (χ3n) is 3.40. The van der Waals surface area contributed by atoms with Gasteiger partial charge in [-0.05, 0) is 25.8 Å². The van der Waals surface area contributed by atoms with Gasteiger partial charge in [0.1, 0.15) is 0 Å². The summed E-state index contributed by atoms with van der Waals surface area (Å²) in [5.74, 6) is 0.0168. The summed E-state index contributed by atoms with van der Waals surface area (Å²) in [5, 5.41) is 16.8. The summed E-state index contributed by atoms with van der Waals surface area (Å²) in [5.41, 5.74) is 0.919. The second kappa shape index (κ2) is 8.36. The molecule has 0 aliphatic heterocycles. The van der Waals surface area contributed by atoms with E-state index in [1.807, 2.05) is 26.8 Å². The number of carbonyl (C=O) groups excluding carboxylic acids is 1. The minimum Gasteiger partial charge on any atom is -0.354 e. The molecule has 2 unspecified atom stereocenters. The second-order valence-electron chi connectivity index (χ2n) is 5.15. The van der Waals surface area contributed by atoms with Gasteiger partial charge in [-0.1, -0.05) is 19.1 Å². The molecule has 1 rings (SSSR count). The predicted octanol–water partition coefficient (Wildman–Crippen LogP) is 2.55. The standard InChI is InChI=1S/C15H23N3O3/c1-4-11(2)17-15(19)8-9-16-12(3)13-6-5-7-14(10-13)18(20)21/h5-7,10-12,16H,4,8-9H2,1-3H3,(H,17,19). The van der Waals surface area contributed by atoms with Crippen LogP contribution in [0.25, 0.3) is 0 Å². The van der Waals surface area contributed by atoms with E-state index in [0.717, 1.165) is 12.0 Å². The molecule has 0 saturated heterocycles. The minimum atomic E-state index is -0.407. The number of hydrogen-bond donors (Lipinski definition) is 2. The molecule has 0 spiro atoms. The number of rotatable bonds is 8. The number of nitro benzene ring substituents is 1. The summed E-state index contributed by atoms with van der Waals surface area (Å²) < 4.78 is 0. The number of nitrogens with zero attached hydrogens (tertiary/aromatic N) is 1. The van der Waals surface area contributed by atoms with E-state index in [9.17, 15) is 14.9 Å². The molecule has 0 saturated carbocycles. The number of amides is 1. The molecule has 2 N–H and O–H groups in total. The third kappa shape index (κ3) is 5.91. The molecule has 2 atom stereocenters. The van der Waals surface area contributed by atoms with E-state index < -0.39 is 4.92 Å². The maximum absolute atomic E-state index is 11.6. The van der Waals surface area contributed by atoms with Gasteiger partial charge in [-0.15, -0.1) is 0 Å². The second-order valence-corrected chi connectivity index (χ2v) is 5.15. The monoisotopic (exact) mass is 293 g/mol. The van der Waals surface area contributed by atoms with Crippen LogP contribution < -0.4 is 10.6 Å². The highest BCUT2D eigenvalue weighted by Crippen LogP contribution is 2.18.